The zero-order valence-corrected chi connectivity index (χ0v) is 20.7. The average Bonchev–Trinajstić information content (AvgIpc) is 3.68. The first kappa shape index (κ1) is 23.6. The molecule has 2 aromatic heterocycles. The number of H-pyrrole nitrogens is 1. The Hall–Kier alpha value is -3.11. The number of amides is 1. The molecule has 35 heavy (non-hydrogen) atoms. The molecule has 1 N–H and O–H groups in total. The van der Waals surface area contributed by atoms with Gasteiger partial charge in [-0.15, -0.1) is 10.2 Å². The van der Waals surface area contributed by atoms with Crippen LogP contribution in [0.1, 0.15) is 46.2 Å². The van der Waals surface area contributed by atoms with Crippen molar-refractivity contribution >= 4 is 29.4 Å². The average molecular weight is 495 g/mol. The van der Waals surface area contributed by atoms with Gasteiger partial charge in [0.05, 0.1) is 24.7 Å². The fraction of sp³-hybridized carbons (Fsp3) is 0.440. The van der Waals surface area contributed by atoms with E-state index in [0.717, 1.165) is 57.1 Å². The molecule has 0 radical (unpaired) electrons. The number of thioether (sulfide) groups is 1. The van der Waals surface area contributed by atoms with Gasteiger partial charge in [0, 0.05) is 37.9 Å². The molecule has 2 aliphatic rings. The van der Waals surface area contributed by atoms with Gasteiger partial charge in [-0.2, -0.15) is 0 Å². The lowest BCUT2D eigenvalue weighted by molar-refractivity contribution is 0.0787. The summed E-state index contributed by atoms with van der Waals surface area (Å²) in [5.41, 5.74) is 3.17. The number of hydrogen-bond acceptors (Lipinski definition) is 7. The summed E-state index contributed by atoms with van der Waals surface area (Å²) in [6, 6.07) is 9.99. The van der Waals surface area contributed by atoms with Gasteiger partial charge < -0.3 is 19.5 Å². The Kier molecular flexibility index (Phi) is 7.19. The number of aromatic nitrogens is 4. The third-order valence-corrected chi connectivity index (χ3v) is 7.38. The largest absolute Gasteiger partial charge is 0.378 e. The summed E-state index contributed by atoms with van der Waals surface area (Å²) in [5.74, 6) is 0.859. The molecule has 0 bridgehead atoms. The number of aromatic amines is 1. The van der Waals surface area contributed by atoms with Crippen molar-refractivity contribution in [2.45, 2.75) is 31.3 Å². The monoisotopic (exact) mass is 494 g/mol. The summed E-state index contributed by atoms with van der Waals surface area (Å²) in [5, 5.41) is 9.60. The van der Waals surface area contributed by atoms with Crippen molar-refractivity contribution in [3.05, 3.63) is 53.3 Å². The number of nitrogens with one attached hydrogen (secondary N) is 1. The number of rotatable bonds is 8. The van der Waals surface area contributed by atoms with Crippen LogP contribution in [0, 0.1) is 0 Å². The van der Waals surface area contributed by atoms with Crippen LogP contribution in [-0.4, -0.2) is 81.5 Å². The van der Waals surface area contributed by atoms with E-state index in [1.54, 1.807) is 12.3 Å². The number of hydrogen-bond donors (Lipinski definition) is 1. The van der Waals surface area contributed by atoms with Crippen molar-refractivity contribution in [1.82, 2.24) is 24.6 Å². The zero-order valence-electron chi connectivity index (χ0n) is 19.9. The van der Waals surface area contributed by atoms with E-state index < -0.39 is 0 Å². The Balaban J connectivity index is 1.35. The predicted molar refractivity (Wildman–Crippen MR) is 135 cm³/mol. The van der Waals surface area contributed by atoms with E-state index >= 15 is 0 Å². The number of carbonyl (C=O) groups excluding carboxylic acids is 2. The minimum absolute atomic E-state index is 0.0418. The first-order valence-corrected chi connectivity index (χ1v) is 13.1. The molecule has 2 aliphatic heterocycles. The van der Waals surface area contributed by atoms with Crippen LogP contribution in [0.25, 0.3) is 5.69 Å². The maximum atomic E-state index is 13.0. The van der Waals surface area contributed by atoms with Crippen LogP contribution in [0.15, 0.2) is 41.7 Å². The SMILES string of the molecule is CCc1cccc(-n2c(SCC(=O)c3c[nH]c(C(=O)N4CCCC4)c3)nnc2N2CCOCC2)c1. The van der Waals surface area contributed by atoms with Crippen molar-refractivity contribution in [1.29, 1.82) is 0 Å². The molecular formula is C25H30N6O3S. The second kappa shape index (κ2) is 10.7. The molecule has 9 nitrogen and oxygen atoms in total. The zero-order chi connectivity index (χ0) is 24.2. The molecule has 2 fully saturated rings. The van der Waals surface area contributed by atoms with Crippen molar-refractivity contribution in [2.75, 3.05) is 50.0 Å². The molecule has 3 aromatic rings. The molecule has 1 amide bonds. The molecule has 10 heteroatoms. The topological polar surface area (TPSA) is 96.4 Å². The minimum atomic E-state index is -0.0588. The number of ketones is 1. The standard InChI is InChI=1S/C25H30N6O3S/c1-2-18-6-5-7-20(14-18)31-24(30-10-12-34-13-11-30)27-28-25(31)35-17-22(32)19-15-21(26-16-19)23(33)29-8-3-4-9-29/h5-7,14-16,26H,2-4,8-13,17H2,1H3. The first-order chi connectivity index (χ1) is 17.1. The highest BCUT2D eigenvalue weighted by atomic mass is 32.2. The molecule has 0 atom stereocenters. The summed E-state index contributed by atoms with van der Waals surface area (Å²) < 4.78 is 7.54. The highest BCUT2D eigenvalue weighted by Crippen LogP contribution is 2.28. The Bertz CT molecular complexity index is 1190. The Morgan fingerprint density at radius 2 is 1.89 bits per heavy atom. The predicted octanol–water partition coefficient (Wildman–Crippen LogP) is 3.21. The number of benzene rings is 1. The van der Waals surface area contributed by atoms with Gasteiger partial charge in [0.25, 0.3) is 5.91 Å². The van der Waals surface area contributed by atoms with Crippen LogP contribution in [0.3, 0.4) is 0 Å². The summed E-state index contributed by atoms with van der Waals surface area (Å²) in [6.07, 6.45) is 4.61. The quantitative estimate of drug-likeness (QED) is 0.379. The molecular weight excluding hydrogens is 464 g/mol. The van der Waals surface area contributed by atoms with Gasteiger partial charge in [0.2, 0.25) is 5.95 Å². The highest BCUT2D eigenvalue weighted by molar-refractivity contribution is 7.99. The number of aryl methyl sites for hydroxylation is 1. The summed E-state index contributed by atoms with van der Waals surface area (Å²) in [6.45, 7) is 6.46. The third kappa shape index (κ3) is 5.13. The van der Waals surface area contributed by atoms with Crippen LogP contribution in [-0.2, 0) is 11.2 Å². The number of ether oxygens (including phenoxy) is 1. The van der Waals surface area contributed by atoms with Crippen LogP contribution < -0.4 is 4.90 Å². The van der Waals surface area contributed by atoms with Crippen LogP contribution in [0.5, 0.6) is 0 Å². The maximum Gasteiger partial charge on any atom is 0.270 e. The maximum absolute atomic E-state index is 13.0. The van der Waals surface area contributed by atoms with Gasteiger partial charge in [-0.25, -0.2) is 0 Å². The minimum Gasteiger partial charge on any atom is -0.378 e. The van der Waals surface area contributed by atoms with Crippen molar-refractivity contribution in [3.63, 3.8) is 0 Å². The Labute approximate surface area is 208 Å². The number of Topliss-reactive ketones (excluding diaryl/α,β-unsaturated/α-hetero) is 1. The van der Waals surface area contributed by atoms with E-state index in [1.807, 2.05) is 21.6 Å². The Morgan fingerprint density at radius 1 is 1.09 bits per heavy atom. The molecule has 0 unspecified atom stereocenters. The van der Waals surface area contributed by atoms with Crippen molar-refractivity contribution in [2.24, 2.45) is 0 Å². The number of anilines is 1. The summed E-state index contributed by atoms with van der Waals surface area (Å²) in [4.78, 5) is 32.6. The smallest absolute Gasteiger partial charge is 0.270 e. The van der Waals surface area contributed by atoms with E-state index in [1.165, 1.54) is 17.3 Å². The van der Waals surface area contributed by atoms with Crippen LogP contribution in [0.4, 0.5) is 5.95 Å². The fourth-order valence-corrected chi connectivity index (χ4v) is 5.29. The van der Waals surface area contributed by atoms with Crippen LogP contribution >= 0.6 is 11.8 Å². The van der Waals surface area contributed by atoms with Crippen molar-refractivity contribution < 1.29 is 14.3 Å². The third-order valence-electron chi connectivity index (χ3n) is 6.45. The van der Waals surface area contributed by atoms with Gasteiger partial charge in [-0.05, 0) is 43.0 Å². The Morgan fingerprint density at radius 3 is 2.66 bits per heavy atom. The van der Waals surface area contributed by atoms with Crippen molar-refractivity contribution in [3.8, 4) is 5.69 Å². The fourth-order valence-electron chi connectivity index (χ4n) is 4.45. The van der Waals surface area contributed by atoms with Gasteiger partial charge in [-0.3, -0.25) is 14.2 Å². The molecule has 4 heterocycles. The number of likely N-dealkylation sites (tertiary alicyclic amines) is 1. The normalized spacial score (nSPS) is 16.1. The van der Waals surface area contributed by atoms with Crippen LogP contribution in [0.2, 0.25) is 0 Å². The highest BCUT2D eigenvalue weighted by Gasteiger charge is 2.24. The summed E-state index contributed by atoms with van der Waals surface area (Å²) >= 11 is 1.36. The molecule has 1 aromatic carbocycles. The van der Waals surface area contributed by atoms with E-state index in [9.17, 15) is 9.59 Å². The van der Waals surface area contributed by atoms with Gasteiger partial charge in [-0.1, -0.05) is 30.8 Å². The van der Waals surface area contributed by atoms with Gasteiger partial charge in [0.1, 0.15) is 5.69 Å². The lowest BCUT2D eigenvalue weighted by Gasteiger charge is -2.28. The first-order valence-electron chi connectivity index (χ1n) is 12.1. The second-order valence-electron chi connectivity index (χ2n) is 8.75. The molecule has 0 saturated carbocycles. The number of nitrogens with zero attached hydrogens (tertiary/aromatic N) is 5. The number of morpholine rings is 1. The molecule has 184 valence electrons. The van der Waals surface area contributed by atoms with E-state index in [4.69, 9.17) is 4.74 Å². The van der Waals surface area contributed by atoms with Gasteiger partial charge in [0.15, 0.2) is 10.9 Å². The van der Waals surface area contributed by atoms with E-state index in [-0.39, 0.29) is 17.4 Å². The molecule has 2 saturated heterocycles. The van der Waals surface area contributed by atoms with Gasteiger partial charge >= 0.3 is 0 Å². The number of carbonyl (C=O) groups is 2. The lowest BCUT2D eigenvalue weighted by Crippen LogP contribution is -2.37. The molecule has 0 spiro atoms. The van der Waals surface area contributed by atoms with E-state index in [0.29, 0.717) is 29.6 Å². The molecule has 5 rings (SSSR count). The molecule has 0 aliphatic carbocycles. The summed E-state index contributed by atoms with van der Waals surface area (Å²) in [7, 11) is 0. The van der Waals surface area contributed by atoms with E-state index in [2.05, 4.69) is 39.1 Å². The lowest BCUT2D eigenvalue weighted by atomic mass is 10.1. The second-order valence-corrected chi connectivity index (χ2v) is 9.70.